The summed E-state index contributed by atoms with van der Waals surface area (Å²) in [6, 6.07) is 24.7. The highest BCUT2D eigenvalue weighted by atomic mass is 32.2. The van der Waals surface area contributed by atoms with Gasteiger partial charge in [-0.3, -0.25) is 9.69 Å². The molecule has 5 nitrogen and oxygen atoms in total. The van der Waals surface area contributed by atoms with Gasteiger partial charge in [-0.2, -0.15) is 0 Å². The zero-order valence-electron chi connectivity index (χ0n) is 15.3. The number of aromatic amines is 1. The second kappa shape index (κ2) is 7.14. The number of anilines is 2. The fourth-order valence-electron chi connectivity index (χ4n) is 3.43. The van der Waals surface area contributed by atoms with E-state index in [9.17, 15) is 9.59 Å². The van der Waals surface area contributed by atoms with Crippen molar-refractivity contribution in [2.45, 2.75) is 9.79 Å². The summed E-state index contributed by atoms with van der Waals surface area (Å²) in [6.07, 6.45) is 0. The molecule has 0 fully saturated rings. The van der Waals surface area contributed by atoms with Crippen molar-refractivity contribution in [3.63, 3.8) is 0 Å². The molecule has 0 aliphatic carbocycles. The average molecular weight is 400 g/mol. The van der Waals surface area contributed by atoms with Crippen LogP contribution in [0.3, 0.4) is 0 Å². The van der Waals surface area contributed by atoms with Crippen LogP contribution in [0.4, 0.5) is 11.4 Å². The summed E-state index contributed by atoms with van der Waals surface area (Å²) in [4.78, 5) is 32.2. The van der Waals surface area contributed by atoms with Gasteiger partial charge in [-0.05, 0) is 36.4 Å². The smallest absolute Gasteiger partial charge is 0.355 e. The Morgan fingerprint density at radius 1 is 0.862 bits per heavy atom. The van der Waals surface area contributed by atoms with Crippen molar-refractivity contribution < 1.29 is 14.3 Å². The Morgan fingerprint density at radius 2 is 1.48 bits per heavy atom. The molecule has 1 amide bonds. The number of ether oxygens (including phenoxy) is 1. The van der Waals surface area contributed by atoms with E-state index < -0.39 is 5.97 Å². The number of amides is 1. The van der Waals surface area contributed by atoms with E-state index in [0.29, 0.717) is 5.69 Å². The van der Waals surface area contributed by atoms with E-state index in [-0.39, 0.29) is 12.5 Å². The lowest BCUT2D eigenvalue weighted by molar-refractivity contribution is -0.121. The Bertz CT molecular complexity index is 1170. The summed E-state index contributed by atoms with van der Waals surface area (Å²) in [5, 5.41) is 0.918. The standard InChI is InChI=1S/C23H16N2O3S/c26-22(14-28-23(27)17-13-15-7-1-2-8-16(15)24-17)25-18-9-3-5-11-20(18)29-21-12-6-4-10-19(21)25/h1-13,24H,14H2. The van der Waals surface area contributed by atoms with E-state index in [0.717, 1.165) is 32.1 Å². The highest BCUT2D eigenvalue weighted by Crippen LogP contribution is 2.47. The number of aromatic nitrogens is 1. The number of carbonyl (C=O) groups excluding carboxylic acids is 2. The molecule has 0 unspecified atom stereocenters. The van der Waals surface area contributed by atoms with Gasteiger partial charge in [0.1, 0.15) is 5.69 Å². The van der Waals surface area contributed by atoms with Gasteiger partial charge in [0.15, 0.2) is 6.61 Å². The quantitative estimate of drug-likeness (QED) is 0.483. The second-order valence-corrected chi connectivity index (χ2v) is 7.70. The molecule has 5 rings (SSSR count). The van der Waals surface area contributed by atoms with Crippen LogP contribution in [-0.2, 0) is 9.53 Å². The third-order valence-electron chi connectivity index (χ3n) is 4.76. The van der Waals surface area contributed by atoms with Crippen LogP contribution < -0.4 is 4.90 Å². The summed E-state index contributed by atoms with van der Waals surface area (Å²) < 4.78 is 5.33. The third kappa shape index (κ3) is 3.17. The van der Waals surface area contributed by atoms with Crippen LogP contribution in [0.2, 0.25) is 0 Å². The first-order valence-corrected chi connectivity index (χ1v) is 9.96. The van der Waals surface area contributed by atoms with Crippen molar-refractivity contribution in [3.05, 3.63) is 84.6 Å². The Morgan fingerprint density at radius 3 is 2.17 bits per heavy atom. The molecule has 4 aromatic rings. The molecule has 0 atom stereocenters. The maximum Gasteiger partial charge on any atom is 0.355 e. The van der Waals surface area contributed by atoms with Crippen LogP contribution in [0.25, 0.3) is 10.9 Å². The topological polar surface area (TPSA) is 62.4 Å². The van der Waals surface area contributed by atoms with E-state index >= 15 is 0 Å². The number of nitrogens with zero attached hydrogens (tertiary/aromatic N) is 1. The molecular formula is C23H16N2O3S. The molecule has 0 spiro atoms. The predicted octanol–water partition coefficient (Wildman–Crippen LogP) is 5.15. The average Bonchev–Trinajstić information content (AvgIpc) is 3.20. The zero-order valence-corrected chi connectivity index (χ0v) is 16.1. The van der Waals surface area contributed by atoms with Crippen molar-refractivity contribution in [3.8, 4) is 0 Å². The Labute approximate surface area is 171 Å². The minimum Gasteiger partial charge on any atom is -0.451 e. The van der Waals surface area contributed by atoms with Gasteiger partial charge < -0.3 is 9.72 Å². The van der Waals surface area contributed by atoms with Gasteiger partial charge in [-0.1, -0.05) is 54.2 Å². The number of hydrogen-bond donors (Lipinski definition) is 1. The molecule has 6 heteroatoms. The number of H-pyrrole nitrogens is 1. The fraction of sp³-hybridized carbons (Fsp3) is 0.0435. The lowest BCUT2D eigenvalue weighted by Gasteiger charge is -2.30. The molecule has 0 radical (unpaired) electrons. The number of para-hydroxylation sites is 3. The highest BCUT2D eigenvalue weighted by Gasteiger charge is 2.28. The maximum atomic E-state index is 13.1. The van der Waals surface area contributed by atoms with Crippen LogP contribution >= 0.6 is 11.8 Å². The molecule has 142 valence electrons. The van der Waals surface area contributed by atoms with E-state index in [4.69, 9.17) is 4.74 Å². The summed E-state index contributed by atoms with van der Waals surface area (Å²) in [6.45, 7) is -0.346. The first-order valence-electron chi connectivity index (χ1n) is 9.14. The van der Waals surface area contributed by atoms with Crippen molar-refractivity contribution in [1.29, 1.82) is 0 Å². The Kier molecular flexibility index (Phi) is 4.33. The zero-order chi connectivity index (χ0) is 19.8. The highest BCUT2D eigenvalue weighted by molar-refractivity contribution is 7.99. The van der Waals surface area contributed by atoms with E-state index in [1.807, 2.05) is 72.8 Å². The molecule has 3 aromatic carbocycles. The molecule has 1 aliphatic heterocycles. The summed E-state index contributed by atoms with van der Waals surface area (Å²) in [5.41, 5.74) is 2.77. The molecule has 1 aliphatic rings. The van der Waals surface area contributed by atoms with Crippen LogP contribution in [-0.4, -0.2) is 23.5 Å². The molecule has 29 heavy (non-hydrogen) atoms. The van der Waals surface area contributed by atoms with Crippen LogP contribution in [0.5, 0.6) is 0 Å². The van der Waals surface area contributed by atoms with Gasteiger partial charge in [0, 0.05) is 20.7 Å². The largest absolute Gasteiger partial charge is 0.451 e. The van der Waals surface area contributed by atoms with E-state index in [1.54, 1.807) is 22.7 Å². The third-order valence-corrected chi connectivity index (χ3v) is 5.89. The van der Waals surface area contributed by atoms with Crippen molar-refractivity contribution >= 4 is 45.9 Å². The molecular weight excluding hydrogens is 384 g/mol. The van der Waals surface area contributed by atoms with Gasteiger partial charge in [0.25, 0.3) is 5.91 Å². The number of fused-ring (bicyclic) bond motifs is 3. The van der Waals surface area contributed by atoms with E-state index in [2.05, 4.69) is 4.98 Å². The van der Waals surface area contributed by atoms with Crippen LogP contribution in [0, 0.1) is 0 Å². The van der Waals surface area contributed by atoms with Crippen LogP contribution in [0.1, 0.15) is 10.5 Å². The number of hydrogen-bond acceptors (Lipinski definition) is 4. The van der Waals surface area contributed by atoms with Crippen LogP contribution in [0.15, 0.2) is 88.7 Å². The summed E-state index contributed by atoms with van der Waals surface area (Å²) in [7, 11) is 0. The van der Waals surface area contributed by atoms with Crippen molar-refractivity contribution in [1.82, 2.24) is 4.98 Å². The number of rotatable bonds is 3. The minimum atomic E-state index is -0.553. The lowest BCUT2D eigenvalue weighted by atomic mass is 10.2. The minimum absolute atomic E-state index is 0.297. The predicted molar refractivity (Wildman–Crippen MR) is 113 cm³/mol. The molecule has 0 saturated heterocycles. The number of esters is 1. The lowest BCUT2D eigenvalue weighted by Crippen LogP contribution is -2.32. The van der Waals surface area contributed by atoms with Gasteiger partial charge in [-0.25, -0.2) is 4.79 Å². The molecule has 0 bridgehead atoms. The van der Waals surface area contributed by atoms with Gasteiger partial charge >= 0.3 is 5.97 Å². The Balaban J connectivity index is 1.39. The first kappa shape index (κ1) is 17.6. The molecule has 2 heterocycles. The summed E-state index contributed by atoms with van der Waals surface area (Å²) >= 11 is 1.62. The monoisotopic (exact) mass is 400 g/mol. The Hall–Kier alpha value is -3.51. The van der Waals surface area contributed by atoms with Crippen molar-refractivity contribution in [2.75, 3.05) is 11.5 Å². The first-order chi connectivity index (χ1) is 14.2. The molecule has 1 N–H and O–H groups in total. The maximum absolute atomic E-state index is 13.1. The van der Waals surface area contributed by atoms with E-state index in [1.165, 1.54) is 0 Å². The van der Waals surface area contributed by atoms with Gasteiger partial charge in [0.05, 0.1) is 11.4 Å². The van der Waals surface area contributed by atoms with Gasteiger partial charge in [-0.15, -0.1) is 0 Å². The summed E-state index contributed by atoms with van der Waals surface area (Å²) in [5.74, 6) is -0.850. The number of nitrogens with one attached hydrogen (secondary N) is 1. The number of benzene rings is 3. The second-order valence-electron chi connectivity index (χ2n) is 6.61. The molecule has 1 aromatic heterocycles. The SMILES string of the molecule is O=C(OCC(=O)N1c2ccccc2Sc2ccccc21)c1cc2ccccc2[nH]1. The normalized spacial score (nSPS) is 12.3. The van der Waals surface area contributed by atoms with Crippen molar-refractivity contribution in [2.24, 2.45) is 0 Å². The fourth-order valence-corrected chi connectivity index (χ4v) is 4.48. The molecule has 0 saturated carbocycles. The van der Waals surface area contributed by atoms with Gasteiger partial charge in [0.2, 0.25) is 0 Å². The number of carbonyl (C=O) groups is 2.